The smallest absolute Gasteiger partial charge is 0.305 e. The highest BCUT2D eigenvalue weighted by molar-refractivity contribution is 6.00. The van der Waals surface area contributed by atoms with Gasteiger partial charge >= 0.3 is 5.97 Å². The van der Waals surface area contributed by atoms with Crippen LogP contribution in [0, 0.1) is 0 Å². The first-order valence-corrected chi connectivity index (χ1v) is 6.26. The normalized spacial score (nSPS) is 22.3. The van der Waals surface area contributed by atoms with E-state index in [4.69, 9.17) is 5.11 Å². The van der Waals surface area contributed by atoms with E-state index in [1.807, 2.05) is 44.2 Å². The van der Waals surface area contributed by atoms with Crippen molar-refractivity contribution in [2.24, 2.45) is 0 Å². The molecule has 1 atom stereocenters. The molecule has 1 saturated heterocycles. The first-order valence-electron chi connectivity index (χ1n) is 6.26. The van der Waals surface area contributed by atoms with Gasteiger partial charge in [-0.2, -0.15) is 0 Å². The number of piperazine rings is 1. The number of carboxylic acids is 1. The number of carbonyl (C=O) groups is 2. The molecule has 0 saturated carbocycles. The number of rotatable bonds is 3. The van der Waals surface area contributed by atoms with Crippen LogP contribution in [0.25, 0.3) is 0 Å². The zero-order chi connectivity index (χ0) is 14.0. The molecule has 1 aromatic carbocycles. The van der Waals surface area contributed by atoms with Crippen molar-refractivity contribution in [3.8, 4) is 0 Å². The van der Waals surface area contributed by atoms with E-state index in [1.54, 1.807) is 4.90 Å². The number of hydrogen-bond acceptors (Lipinski definition) is 3. The van der Waals surface area contributed by atoms with Gasteiger partial charge in [-0.3, -0.25) is 9.59 Å². The molecule has 2 N–H and O–H groups in total. The number of amides is 1. The maximum absolute atomic E-state index is 12.5. The number of nitrogens with one attached hydrogen (secondary N) is 1. The highest BCUT2D eigenvalue weighted by atomic mass is 16.4. The summed E-state index contributed by atoms with van der Waals surface area (Å²) < 4.78 is 0. The van der Waals surface area contributed by atoms with Crippen LogP contribution >= 0.6 is 0 Å². The molecule has 0 spiro atoms. The molecule has 19 heavy (non-hydrogen) atoms. The van der Waals surface area contributed by atoms with Gasteiger partial charge in [-0.1, -0.05) is 18.2 Å². The molecule has 1 aliphatic rings. The minimum atomic E-state index is -0.974. The third-order valence-electron chi connectivity index (χ3n) is 3.30. The number of carbonyl (C=O) groups excluding carboxylic acids is 1. The van der Waals surface area contributed by atoms with Crippen molar-refractivity contribution < 1.29 is 14.7 Å². The van der Waals surface area contributed by atoms with Gasteiger partial charge in [0, 0.05) is 12.2 Å². The van der Waals surface area contributed by atoms with Gasteiger partial charge in [-0.25, -0.2) is 0 Å². The van der Waals surface area contributed by atoms with Gasteiger partial charge in [0.25, 0.3) is 0 Å². The maximum Gasteiger partial charge on any atom is 0.305 e. The molecular weight excluding hydrogens is 244 g/mol. The van der Waals surface area contributed by atoms with Crippen LogP contribution in [-0.4, -0.2) is 35.1 Å². The largest absolute Gasteiger partial charge is 0.481 e. The SMILES string of the molecule is CC1(C)CNC(CC(=O)O)C(=O)N1c1ccccc1. The predicted octanol–water partition coefficient (Wildman–Crippen LogP) is 1.24. The number of benzene rings is 1. The van der Waals surface area contributed by atoms with Crippen LogP contribution in [0.1, 0.15) is 20.3 Å². The van der Waals surface area contributed by atoms with E-state index >= 15 is 0 Å². The minimum absolute atomic E-state index is 0.190. The van der Waals surface area contributed by atoms with Gasteiger partial charge in [-0.05, 0) is 26.0 Å². The Balaban J connectivity index is 2.31. The van der Waals surface area contributed by atoms with Gasteiger partial charge in [0.05, 0.1) is 18.0 Å². The highest BCUT2D eigenvalue weighted by Crippen LogP contribution is 2.27. The van der Waals surface area contributed by atoms with Crippen LogP contribution in [0.15, 0.2) is 30.3 Å². The van der Waals surface area contributed by atoms with Gasteiger partial charge < -0.3 is 15.3 Å². The Hall–Kier alpha value is -1.88. The lowest BCUT2D eigenvalue weighted by atomic mass is 9.94. The third kappa shape index (κ3) is 2.76. The van der Waals surface area contributed by atoms with E-state index in [2.05, 4.69) is 5.32 Å². The lowest BCUT2D eigenvalue weighted by Crippen LogP contribution is -2.65. The molecule has 0 aromatic heterocycles. The lowest BCUT2D eigenvalue weighted by molar-refractivity contribution is -0.140. The van der Waals surface area contributed by atoms with Crippen LogP contribution in [0.3, 0.4) is 0 Å². The number of carboxylic acid groups (broad SMARTS) is 1. The number of anilines is 1. The summed E-state index contributed by atoms with van der Waals surface area (Å²) in [4.78, 5) is 25.0. The molecule has 1 heterocycles. The van der Waals surface area contributed by atoms with Crippen LogP contribution in [0.2, 0.25) is 0 Å². The number of aliphatic carboxylic acids is 1. The molecule has 5 heteroatoms. The predicted molar refractivity (Wildman–Crippen MR) is 72.1 cm³/mol. The van der Waals surface area contributed by atoms with Crippen LogP contribution in [-0.2, 0) is 9.59 Å². The summed E-state index contributed by atoms with van der Waals surface area (Å²) in [6.07, 6.45) is -0.196. The van der Waals surface area contributed by atoms with Crippen molar-refractivity contribution in [3.05, 3.63) is 30.3 Å². The van der Waals surface area contributed by atoms with Gasteiger partial charge in [0.15, 0.2) is 0 Å². The zero-order valence-electron chi connectivity index (χ0n) is 11.1. The third-order valence-corrected chi connectivity index (χ3v) is 3.30. The van der Waals surface area contributed by atoms with Crippen molar-refractivity contribution in [2.75, 3.05) is 11.4 Å². The summed E-state index contributed by atoms with van der Waals surface area (Å²) in [6, 6.07) is 8.69. The average molecular weight is 262 g/mol. The number of hydrogen-bond donors (Lipinski definition) is 2. The van der Waals surface area contributed by atoms with Crippen molar-refractivity contribution in [1.82, 2.24) is 5.32 Å². The second-order valence-corrected chi connectivity index (χ2v) is 5.35. The van der Waals surface area contributed by atoms with Gasteiger partial charge in [-0.15, -0.1) is 0 Å². The van der Waals surface area contributed by atoms with E-state index in [0.717, 1.165) is 5.69 Å². The Kier molecular flexibility index (Phi) is 3.57. The Morgan fingerprint density at radius 3 is 2.63 bits per heavy atom. The van der Waals surface area contributed by atoms with Gasteiger partial charge in [0.1, 0.15) is 0 Å². The Morgan fingerprint density at radius 2 is 2.05 bits per heavy atom. The molecule has 0 bridgehead atoms. The molecule has 0 radical (unpaired) electrons. The fourth-order valence-corrected chi connectivity index (χ4v) is 2.38. The average Bonchev–Trinajstić information content (AvgIpc) is 2.34. The van der Waals surface area contributed by atoms with Crippen molar-refractivity contribution in [2.45, 2.75) is 31.8 Å². The van der Waals surface area contributed by atoms with E-state index < -0.39 is 12.0 Å². The first-order chi connectivity index (χ1) is 8.92. The summed E-state index contributed by atoms with van der Waals surface area (Å²) in [6.45, 7) is 4.48. The molecule has 0 aliphatic carbocycles. The van der Waals surface area contributed by atoms with Crippen molar-refractivity contribution in [3.63, 3.8) is 0 Å². The quantitative estimate of drug-likeness (QED) is 0.860. The van der Waals surface area contributed by atoms with E-state index in [0.29, 0.717) is 6.54 Å². The topological polar surface area (TPSA) is 69.6 Å². The molecule has 2 rings (SSSR count). The van der Waals surface area contributed by atoms with Crippen molar-refractivity contribution >= 4 is 17.6 Å². The van der Waals surface area contributed by atoms with E-state index in [1.165, 1.54) is 0 Å². The zero-order valence-corrected chi connectivity index (χ0v) is 11.1. The summed E-state index contributed by atoms with van der Waals surface area (Å²) in [7, 11) is 0. The molecule has 1 amide bonds. The Labute approximate surface area is 112 Å². The molecule has 1 fully saturated rings. The number of nitrogens with zero attached hydrogens (tertiary/aromatic N) is 1. The fraction of sp³-hybridized carbons (Fsp3) is 0.429. The van der Waals surface area contributed by atoms with Crippen molar-refractivity contribution in [1.29, 1.82) is 0 Å². The Morgan fingerprint density at radius 1 is 1.42 bits per heavy atom. The monoisotopic (exact) mass is 262 g/mol. The summed E-state index contributed by atoms with van der Waals surface area (Å²) in [5, 5.41) is 11.9. The first kappa shape index (κ1) is 13.5. The highest BCUT2D eigenvalue weighted by Gasteiger charge is 2.41. The Bertz CT molecular complexity index is 485. The summed E-state index contributed by atoms with van der Waals surface area (Å²) in [5.41, 5.74) is 0.419. The fourth-order valence-electron chi connectivity index (χ4n) is 2.38. The second-order valence-electron chi connectivity index (χ2n) is 5.35. The molecular formula is C14H18N2O3. The van der Waals surface area contributed by atoms with E-state index in [9.17, 15) is 9.59 Å². The molecule has 102 valence electrons. The molecule has 5 nitrogen and oxygen atoms in total. The second kappa shape index (κ2) is 5.01. The van der Waals surface area contributed by atoms with Crippen LogP contribution in [0.5, 0.6) is 0 Å². The van der Waals surface area contributed by atoms with Crippen LogP contribution < -0.4 is 10.2 Å². The standard InChI is InChI=1S/C14H18N2O3/c1-14(2)9-15-11(8-12(17)18)13(19)16(14)10-6-4-3-5-7-10/h3-7,11,15H,8-9H2,1-2H3,(H,17,18). The van der Waals surface area contributed by atoms with Gasteiger partial charge in [0.2, 0.25) is 5.91 Å². The maximum atomic E-state index is 12.5. The van der Waals surface area contributed by atoms with Crippen LogP contribution in [0.4, 0.5) is 5.69 Å². The summed E-state index contributed by atoms with van der Waals surface area (Å²) in [5.74, 6) is -1.16. The number of para-hydroxylation sites is 1. The summed E-state index contributed by atoms with van der Waals surface area (Å²) >= 11 is 0. The lowest BCUT2D eigenvalue weighted by Gasteiger charge is -2.45. The molecule has 1 unspecified atom stereocenters. The molecule has 1 aliphatic heterocycles. The van der Waals surface area contributed by atoms with E-state index in [-0.39, 0.29) is 17.9 Å². The minimum Gasteiger partial charge on any atom is -0.481 e. The molecule has 1 aromatic rings.